The molecule has 4 rings (SSSR count). The van der Waals surface area contributed by atoms with Crippen LogP contribution in [-0.2, 0) is 4.79 Å². The molecular formula is C17H8F4N4O2S. The number of alkyl halides is 3. The largest absolute Gasteiger partial charge is 0.457 e. The number of amides is 1. The third-order valence-corrected chi connectivity index (χ3v) is 4.69. The van der Waals surface area contributed by atoms with Crippen LogP contribution in [0.5, 0.6) is 0 Å². The summed E-state index contributed by atoms with van der Waals surface area (Å²) in [5.74, 6) is -1.25. The van der Waals surface area contributed by atoms with Crippen LogP contribution in [-0.4, -0.2) is 33.1 Å². The number of carbonyl (C=O) groups is 1. The molecule has 0 fully saturated rings. The Labute approximate surface area is 158 Å². The highest BCUT2D eigenvalue weighted by Crippen LogP contribution is 2.35. The Morgan fingerprint density at radius 3 is 2.54 bits per heavy atom. The van der Waals surface area contributed by atoms with E-state index in [4.69, 9.17) is 9.83 Å². The predicted octanol–water partition coefficient (Wildman–Crippen LogP) is 4.27. The summed E-state index contributed by atoms with van der Waals surface area (Å²) < 4.78 is 57.0. The van der Waals surface area contributed by atoms with Crippen molar-refractivity contribution in [2.45, 2.75) is 6.18 Å². The fourth-order valence-corrected chi connectivity index (χ4v) is 3.21. The smallest absolute Gasteiger partial charge is 0.441 e. The van der Waals surface area contributed by atoms with E-state index in [-0.39, 0.29) is 28.3 Å². The second-order valence-corrected chi connectivity index (χ2v) is 6.59. The number of halogens is 4. The summed E-state index contributed by atoms with van der Waals surface area (Å²) in [5.41, 5.74) is 0.322. The van der Waals surface area contributed by atoms with E-state index in [1.807, 2.05) is 0 Å². The van der Waals surface area contributed by atoms with Gasteiger partial charge in [0, 0.05) is 5.56 Å². The summed E-state index contributed by atoms with van der Waals surface area (Å²) in [6.45, 7) is 0. The van der Waals surface area contributed by atoms with Crippen LogP contribution in [0.15, 0.2) is 56.5 Å². The van der Waals surface area contributed by atoms with Crippen molar-refractivity contribution in [3.8, 4) is 11.3 Å². The van der Waals surface area contributed by atoms with Gasteiger partial charge < -0.3 is 4.42 Å². The van der Waals surface area contributed by atoms with Gasteiger partial charge in [-0.15, -0.1) is 0 Å². The van der Waals surface area contributed by atoms with Crippen molar-refractivity contribution in [2.24, 2.45) is 10.1 Å². The molecule has 0 aliphatic carbocycles. The lowest BCUT2D eigenvalue weighted by molar-refractivity contribution is -0.114. The van der Waals surface area contributed by atoms with E-state index >= 15 is 0 Å². The summed E-state index contributed by atoms with van der Waals surface area (Å²) in [7, 11) is 0. The summed E-state index contributed by atoms with van der Waals surface area (Å²) in [6.07, 6.45) is -3.51. The van der Waals surface area contributed by atoms with E-state index in [1.165, 1.54) is 36.4 Å². The number of benzene rings is 1. The Hall–Kier alpha value is -3.21. The Bertz CT molecular complexity index is 1080. The van der Waals surface area contributed by atoms with Gasteiger partial charge in [-0.2, -0.15) is 28.3 Å². The lowest BCUT2D eigenvalue weighted by atomic mass is 10.1. The zero-order chi connectivity index (χ0) is 20.1. The van der Waals surface area contributed by atoms with E-state index in [0.717, 1.165) is 0 Å². The Balaban J connectivity index is 1.64. The summed E-state index contributed by atoms with van der Waals surface area (Å²) in [5, 5.41) is 10.5. The first-order valence-corrected chi connectivity index (χ1v) is 8.47. The molecule has 0 bridgehead atoms. The molecule has 0 radical (unpaired) electrons. The van der Waals surface area contributed by atoms with Crippen molar-refractivity contribution in [3.05, 3.63) is 53.5 Å². The first-order valence-electron chi connectivity index (χ1n) is 7.65. The molecule has 1 amide bonds. The number of aliphatic imine (C=N–C) groups is 1. The number of furan rings is 1. The minimum atomic E-state index is -4.71. The SMILES string of the molecule is N=C1/C(=C/c2ccc(-c3ccc(F)cc3)o2)C(=O)N=C2SC(C(F)(F)F)=NN12. The normalized spacial score (nSPS) is 18.4. The zero-order valence-corrected chi connectivity index (χ0v) is 14.4. The van der Waals surface area contributed by atoms with Gasteiger partial charge in [-0.25, -0.2) is 4.39 Å². The standard InChI is InChI=1S/C17H8F4N4O2S/c18-9-3-1-8(2-4-9)12-6-5-10(27-12)7-11-13(22)25-16(23-14(11)26)28-15(24-25)17(19,20)21/h1-7,22H/b11-7-,22-13?. The number of nitrogens with zero attached hydrogens (tertiary/aromatic N) is 3. The molecule has 2 aliphatic rings. The molecule has 6 nitrogen and oxygen atoms in total. The third-order valence-electron chi connectivity index (χ3n) is 3.74. The summed E-state index contributed by atoms with van der Waals surface area (Å²) in [4.78, 5) is 15.7. The van der Waals surface area contributed by atoms with Crippen molar-refractivity contribution in [3.63, 3.8) is 0 Å². The van der Waals surface area contributed by atoms with Crippen LogP contribution in [0.3, 0.4) is 0 Å². The van der Waals surface area contributed by atoms with E-state index in [9.17, 15) is 22.4 Å². The van der Waals surface area contributed by atoms with Crippen molar-refractivity contribution in [2.75, 3.05) is 0 Å². The molecule has 1 aromatic heterocycles. The molecule has 3 heterocycles. The number of fused-ring (bicyclic) bond motifs is 1. The first-order chi connectivity index (χ1) is 13.2. The molecule has 1 N–H and O–H groups in total. The van der Waals surface area contributed by atoms with Crippen molar-refractivity contribution in [1.82, 2.24) is 5.01 Å². The maximum Gasteiger partial charge on any atom is 0.441 e. The molecule has 1 aromatic carbocycles. The van der Waals surface area contributed by atoms with Gasteiger partial charge >= 0.3 is 6.18 Å². The fraction of sp³-hybridized carbons (Fsp3) is 0.0588. The third kappa shape index (κ3) is 3.24. The van der Waals surface area contributed by atoms with Gasteiger partial charge in [0.05, 0.1) is 5.57 Å². The molecule has 0 saturated carbocycles. The van der Waals surface area contributed by atoms with Crippen molar-refractivity contribution in [1.29, 1.82) is 5.41 Å². The molecule has 0 unspecified atom stereocenters. The first kappa shape index (κ1) is 18.2. The van der Waals surface area contributed by atoms with Gasteiger partial charge in [-0.3, -0.25) is 10.2 Å². The lowest BCUT2D eigenvalue weighted by Crippen LogP contribution is -2.35. The van der Waals surface area contributed by atoms with E-state index < -0.39 is 28.8 Å². The van der Waals surface area contributed by atoms with Crippen LogP contribution in [0.1, 0.15) is 5.76 Å². The van der Waals surface area contributed by atoms with E-state index in [2.05, 4.69) is 10.1 Å². The van der Waals surface area contributed by atoms with Gasteiger partial charge in [0.15, 0.2) is 5.84 Å². The molecule has 11 heteroatoms. The Morgan fingerprint density at radius 1 is 1.14 bits per heavy atom. The highest BCUT2D eigenvalue weighted by Gasteiger charge is 2.46. The number of rotatable bonds is 2. The lowest BCUT2D eigenvalue weighted by Gasteiger charge is -2.19. The monoisotopic (exact) mass is 408 g/mol. The van der Waals surface area contributed by atoms with Gasteiger partial charge in [-0.1, -0.05) is 0 Å². The average molecular weight is 408 g/mol. The van der Waals surface area contributed by atoms with E-state index in [0.29, 0.717) is 16.3 Å². The summed E-state index contributed by atoms with van der Waals surface area (Å²) >= 11 is 0.178. The van der Waals surface area contributed by atoms with Crippen LogP contribution in [0, 0.1) is 11.2 Å². The Kier molecular flexibility index (Phi) is 4.18. The van der Waals surface area contributed by atoms with Crippen molar-refractivity contribution < 1.29 is 26.8 Å². The second kappa shape index (κ2) is 6.44. The van der Waals surface area contributed by atoms with Crippen LogP contribution < -0.4 is 0 Å². The predicted molar refractivity (Wildman–Crippen MR) is 95.2 cm³/mol. The van der Waals surface area contributed by atoms with Crippen LogP contribution in [0.2, 0.25) is 0 Å². The van der Waals surface area contributed by atoms with Gasteiger partial charge in [0.1, 0.15) is 17.3 Å². The minimum Gasteiger partial charge on any atom is -0.457 e. The van der Waals surface area contributed by atoms with Crippen LogP contribution >= 0.6 is 11.8 Å². The number of amidine groups is 2. The highest BCUT2D eigenvalue weighted by molar-refractivity contribution is 8.27. The zero-order valence-electron chi connectivity index (χ0n) is 13.6. The quantitative estimate of drug-likeness (QED) is 0.595. The molecule has 142 valence electrons. The number of hydrogen-bond donors (Lipinski definition) is 1. The molecule has 0 atom stereocenters. The molecule has 2 aliphatic heterocycles. The molecule has 0 spiro atoms. The van der Waals surface area contributed by atoms with Gasteiger partial charge in [-0.05, 0) is 54.2 Å². The van der Waals surface area contributed by atoms with E-state index in [1.54, 1.807) is 6.07 Å². The maximum atomic E-state index is 13.0. The molecule has 0 saturated heterocycles. The van der Waals surface area contributed by atoms with Crippen molar-refractivity contribution >= 4 is 39.8 Å². The molecule has 28 heavy (non-hydrogen) atoms. The number of carbonyl (C=O) groups excluding carboxylic acids is 1. The number of nitrogens with one attached hydrogen (secondary N) is 1. The fourth-order valence-electron chi connectivity index (χ4n) is 2.45. The topological polar surface area (TPSA) is 82.0 Å². The number of hydrazone groups is 1. The van der Waals surface area contributed by atoms with Gasteiger partial charge in [0.2, 0.25) is 10.2 Å². The number of thioether (sulfide) groups is 1. The maximum absolute atomic E-state index is 13.0. The van der Waals surface area contributed by atoms with Crippen LogP contribution in [0.4, 0.5) is 17.6 Å². The van der Waals surface area contributed by atoms with Crippen LogP contribution in [0.25, 0.3) is 17.4 Å². The minimum absolute atomic E-state index is 0.178. The summed E-state index contributed by atoms with van der Waals surface area (Å²) in [6, 6.07) is 8.61. The molecule has 2 aromatic rings. The average Bonchev–Trinajstić information content (AvgIpc) is 3.26. The second-order valence-electron chi connectivity index (χ2n) is 5.63. The number of hydrogen-bond acceptors (Lipinski definition) is 5. The molecular weight excluding hydrogens is 400 g/mol. The Morgan fingerprint density at radius 2 is 1.86 bits per heavy atom. The van der Waals surface area contributed by atoms with Gasteiger partial charge in [0.25, 0.3) is 5.91 Å². The highest BCUT2D eigenvalue weighted by atomic mass is 32.2.